The Labute approximate surface area is 213 Å². The van der Waals surface area contributed by atoms with Crippen molar-refractivity contribution in [1.29, 1.82) is 0 Å². The molecule has 1 saturated heterocycles. The average molecular weight is 505 g/mol. The van der Waals surface area contributed by atoms with Crippen molar-refractivity contribution in [3.8, 4) is 28.0 Å². The molecule has 1 fully saturated rings. The van der Waals surface area contributed by atoms with E-state index in [1.807, 2.05) is 12.3 Å². The van der Waals surface area contributed by atoms with Crippen LogP contribution in [0.3, 0.4) is 0 Å². The van der Waals surface area contributed by atoms with E-state index in [2.05, 4.69) is 52.3 Å². The number of nitrogens with zero attached hydrogens (tertiary/aromatic N) is 1. The normalized spacial score (nSPS) is 15.8. The summed E-state index contributed by atoms with van der Waals surface area (Å²) in [5.74, 6) is 0.708. The van der Waals surface area contributed by atoms with Crippen LogP contribution in [0.2, 0.25) is 5.02 Å². The molecule has 8 heteroatoms. The van der Waals surface area contributed by atoms with Gasteiger partial charge in [-0.05, 0) is 57.4 Å². The van der Waals surface area contributed by atoms with E-state index in [1.54, 1.807) is 6.07 Å². The number of piperidine rings is 1. The first-order valence-corrected chi connectivity index (χ1v) is 12.7. The van der Waals surface area contributed by atoms with Gasteiger partial charge in [0.25, 0.3) is 5.56 Å². The van der Waals surface area contributed by atoms with Gasteiger partial charge in [-0.1, -0.05) is 47.3 Å². The van der Waals surface area contributed by atoms with E-state index in [4.69, 9.17) is 16.3 Å². The second-order valence-electron chi connectivity index (χ2n) is 9.50. The first kappa shape index (κ1) is 24.3. The number of aromatic amines is 2. The van der Waals surface area contributed by atoms with Gasteiger partial charge in [0.1, 0.15) is 5.75 Å². The van der Waals surface area contributed by atoms with Crippen LogP contribution in [-0.2, 0) is 0 Å². The second-order valence-corrected chi connectivity index (χ2v) is 9.90. The Hall–Kier alpha value is -3.42. The van der Waals surface area contributed by atoms with Crippen LogP contribution < -0.4 is 21.3 Å². The molecule has 0 saturated carbocycles. The highest BCUT2D eigenvalue weighted by Gasteiger charge is 2.19. The fraction of sp³-hybridized carbons (Fsp3) is 0.321. The van der Waals surface area contributed by atoms with E-state index in [0.29, 0.717) is 34.5 Å². The van der Waals surface area contributed by atoms with Gasteiger partial charge in [0.15, 0.2) is 0 Å². The number of fused-ring (bicyclic) bond motifs is 1. The molecule has 3 heterocycles. The van der Waals surface area contributed by atoms with Crippen LogP contribution in [0.15, 0.2) is 52.3 Å². The highest BCUT2D eigenvalue weighted by molar-refractivity contribution is 6.34. The Bertz CT molecular complexity index is 1520. The molecule has 1 atom stereocenters. The van der Waals surface area contributed by atoms with Gasteiger partial charge in [-0.25, -0.2) is 4.79 Å². The standard InChI is InChI=1S/C28H29ClN4O3/c1-16-9-17(2)11-18(10-16)22-14-31-25-13-24(29)20(23-15-32-28(35)33-27(23)34)12-21(25)26(22)36-8-6-19-5-3-4-7-30-19/h9-15,19,30H,3-8H2,1-2H3,(H2,32,33,34,35). The van der Waals surface area contributed by atoms with Crippen LogP contribution in [0.5, 0.6) is 5.75 Å². The maximum absolute atomic E-state index is 12.5. The van der Waals surface area contributed by atoms with Crippen molar-refractivity contribution in [3.63, 3.8) is 0 Å². The summed E-state index contributed by atoms with van der Waals surface area (Å²) in [6, 6.07) is 10.4. The molecule has 1 aliphatic rings. The zero-order chi connectivity index (χ0) is 25.2. The number of H-pyrrole nitrogens is 2. The minimum atomic E-state index is -0.570. The van der Waals surface area contributed by atoms with Gasteiger partial charge in [-0.3, -0.25) is 14.8 Å². The molecule has 4 aromatic rings. The third-order valence-corrected chi connectivity index (χ3v) is 6.99. The number of rotatable bonds is 6. The van der Waals surface area contributed by atoms with Crippen LogP contribution in [0.4, 0.5) is 0 Å². The van der Waals surface area contributed by atoms with E-state index in [-0.39, 0.29) is 5.56 Å². The van der Waals surface area contributed by atoms with E-state index in [1.165, 1.54) is 19.0 Å². The van der Waals surface area contributed by atoms with Crippen LogP contribution in [0.25, 0.3) is 33.2 Å². The topological polar surface area (TPSA) is 99.9 Å². The van der Waals surface area contributed by atoms with Crippen LogP contribution >= 0.6 is 11.6 Å². The summed E-state index contributed by atoms with van der Waals surface area (Å²) in [5.41, 5.74) is 4.57. The number of ether oxygens (including phenoxy) is 1. The molecular weight excluding hydrogens is 476 g/mol. The number of halogens is 1. The molecule has 0 radical (unpaired) electrons. The summed E-state index contributed by atoms with van der Waals surface area (Å²) in [6.45, 7) is 5.74. The molecule has 2 aromatic carbocycles. The molecule has 1 aliphatic heterocycles. The van der Waals surface area contributed by atoms with Gasteiger partial charge < -0.3 is 15.0 Å². The molecule has 0 aliphatic carbocycles. The van der Waals surface area contributed by atoms with E-state index >= 15 is 0 Å². The lowest BCUT2D eigenvalue weighted by Gasteiger charge is -2.24. The van der Waals surface area contributed by atoms with Crippen molar-refractivity contribution in [3.05, 3.63) is 79.7 Å². The predicted molar refractivity (Wildman–Crippen MR) is 144 cm³/mol. The fourth-order valence-electron chi connectivity index (χ4n) is 4.97. The molecular formula is C28H29ClN4O3. The second kappa shape index (κ2) is 10.3. The van der Waals surface area contributed by atoms with Crippen molar-refractivity contribution in [2.45, 2.75) is 45.6 Å². The van der Waals surface area contributed by atoms with E-state index in [9.17, 15) is 9.59 Å². The summed E-state index contributed by atoms with van der Waals surface area (Å²) in [6.07, 6.45) is 7.71. The summed E-state index contributed by atoms with van der Waals surface area (Å²) in [7, 11) is 0. The Balaban J connectivity index is 1.64. The first-order valence-electron chi connectivity index (χ1n) is 12.3. The quantitative estimate of drug-likeness (QED) is 0.338. The third kappa shape index (κ3) is 5.08. The highest BCUT2D eigenvalue weighted by Crippen LogP contribution is 2.40. The summed E-state index contributed by atoms with van der Waals surface area (Å²) >= 11 is 6.57. The Morgan fingerprint density at radius 2 is 1.83 bits per heavy atom. The minimum Gasteiger partial charge on any atom is -0.492 e. The molecule has 36 heavy (non-hydrogen) atoms. The molecule has 2 aromatic heterocycles. The van der Waals surface area contributed by atoms with Crippen molar-refractivity contribution >= 4 is 22.5 Å². The van der Waals surface area contributed by atoms with E-state index < -0.39 is 11.2 Å². The van der Waals surface area contributed by atoms with Crippen molar-refractivity contribution < 1.29 is 4.74 Å². The number of aromatic nitrogens is 3. The highest BCUT2D eigenvalue weighted by atomic mass is 35.5. The molecule has 5 rings (SSSR count). The number of aryl methyl sites for hydroxylation is 2. The van der Waals surface area contributed by atoms with Gasteiger partial charge >= 0.3 is 5.69 Å². The fourth-order valence-corrected chi connectivity index (χ4v) is 5.23. The Kier molecular flexibility index (Phi) is 6.94. The van der Waals surface area contributed by atoms with Crippen molar-refractivity contribution in [2.75, 3.05) is 13.2 Å². The Morgan fingerprint density at radius 1 is 1.03 bits per heavy atom. The lowest BCUT2D eigenvalue weighted by Crippen LogP contribution is -2.35. The molecule has 186 valence electrons. The molecule has 3 N–H and O–H groups in total. The number of pyridine rings is 1. The average Bonchev–Trinajstić information content (AvgIpc) is 2.84. The van der Waals surface area contributed by atoms with Crippen LogP contribution in [0, 0.1) is 13.8 Å². The molecule has 7 nitrogen and oxygen atoms in total. The number of nitrogens with one attached hydrogen (secondary N) is 3. The van der Waals surface area contributed by atoms with E-state index in [0.717, 1.165) is 47.0 Å². The molecule has 0 amide bonds. The van der Waals surface area contributed by atoms with Gasteiger partial charge in [0.2, 0.25) is 0 Å². The lowest BCUT2D eigenvalue weighted by atomic mass is 9.98. The monoisotopic (exact) mass is 504 g/mol. The number of hydrogen-bond donors (Lipinski definition) is 3. The summed E-state index contributed by atoms with van der Waals surface area (Å²) < 4.78 is 6.50. The maximum Gasteiger partial charge on any atom is 0.325 e. The Morgan fingerprint density at radius 3 is 2.56 bits per heavy atom. The lowest BCUT2D eigenvalue weighted by molar-refractivity contribution is 0.271. The van der Waals surface area contributed by atoms with Crippen molar-refractivity contribution in [2.24, 2.45) is 0 Å². The number of benzene rings is 2. The minimum absolute atomic E-state index is 0.274. The molecule has 1 unspecified atom stereocenters. The number of hydrogen-bond acceptors (Lipinski definition) is 5. The van der Waals surface area contributed by atoms with Gasteiger partial charge in [-0.2, -0.15) is 0 Å². The third-order valence-electron chi connectivity index (χ3n) is 6.67. The van der Waals surface area contributed by atoms with Gasteiger partial charge in [0, 0.05) is 34.9 Å². The van der Waals surface area contributed by atoms with Crippen LogP contribution in [0.1, 0.15) is 36.8 Å². The molecule has 0 bridgehead atoms. The SMILES string of the molecule is Cc1cc(C)cc(-c2cnc3cc(Cl)c(-c4c[nH]c(=O)[nH]c4=O)cc3c2OCCC2CCCCN2)c1. The largest absolute Gasteiger partial charge is 0.492 e. The smallest absolute Gasteiger partial charge is 0.325 e. The zero-order valence-electron chi connectivity index (χ0n) is 20.4. The summed E-state index contributed by atoms with van der Waals surface area (Å²) in [4.78, 5) is 33.6. The maximum atomic E-state index is 12.5. The van der Waals surface area contributed by atoms with Gasteiger partial charge in [0.05, 0.1) is 22.7 Å². The molecule has 0 spiro atoms. The van der Waals surface area contributed by atoms with Crippen LogP contribution in [-0.4, -0.2) is 34.1 Å². The van der Waals surface area contributed by atoms with Crippen molar-refractivity contribution in [1.82, 2.24) is 20.3 Å². The predicted octanol–water partition coefficient (Wildman–Crippen LogP) is 5.13. The zero-order valence-corrected chi connectivity index (χ0v) is 21.2. The summed E-state index contributed by atoms with van der Waals surface area (Å²) in [5, 5.41) is 4.70. The first-order chi connectivity index (χ1) is 17.4. The van der Waals surface area contributed by atoms with Gasteiger partial charge in [-0.15, -0.1) is 0 Å².